The summed E-state index contributed by atoms with van der Waals surface area (Å²) in [5.41, 5.74) is 4.48. The van der Waals surface area contributed by atoms with Gasteiger partial charge in [-0.25, -0.2) is 9.37 Å². The number of halogens is 1. The van der Waals surface area contributed by atoms with E-state index < -0.39 is 0 Å². The summed E-state index contributed by atoms with van der Waals surface area (Å²) in [5, 5.41) is 6.57. The van der Waals surface area contributed by atoms with E-state index in [9.17, 15) is 4.39 Å². The van der Waals surface area contributed by atoms with Crippen molar-refractivity contribution in [3.63, 3.8) is 0 Å². The first kappa shape index (κ1) is 12.6. The zero-order chi connectivity index (χ0) is 13.8. The molecule has 0 bridgehead atoms. The fraction of sp³-hybridized carbons (Fsp3) is 0. The van der Waals surface area contributed by atoms with E-state index in [1.54, 1.807) is 36.7 Å². The van der Waals surface area contributed by atoms with Crippen molar-refractivity contribution in [2.75, 3.05) is 5.43 Å². The van der Waals surface area contributed by atoms with Crippen LogP contribution in [0.15, 0.2) is 57.6 Å². The Morgan fingerprint density at radius 2 is 2.10 bits per heavy atom. The van der Waals surface area contributed by atoms with Crippen molar-refractivity contribution in [3.8, 4) is 11.3 Å². The van der Waals surface area contributed by atoms with Gasteiger partial charge in [-0.05, 0) is 36.4 Å². The number of nitrogens with one attached hydrogen (secondary N) is 1. The van der Waals surface area contributed by atoms with Crippen LogP contribution in [-0.4, -0.2) is 11.2 Å². The van der Waals surface area contributed by atoms with Gasteiger partial charge in [0.05, 0.1) is 18.2 Å². The highest BCUT2D eigenvalue weighted by Gasteiger charge is 2.03. The van der Waals surface area contributed by atoms with E-state index in [2.05, 4.69) is 15.5 Å². The third-order valence-corrected chi connectivity index (χ3v) is 3.29. The normalized spacial score (nSPS) is 11.1. The lowest BCUT2D eigenvalue weighted by Gasteiger charge is -1.95. The molecular formula is C14H10FN3OS. The number of aromatic nitrogens is 1. The molecule has 0 atom stereocenters. The van der Waals surface area contributed by atoms with Crippen LogP contribution in [0.2, 0.25) is 0 Å². The molecule has 100 valence electrons. The standard InChI is InChI=1S/C14H10FN3OS/c15-11-5-3-10(4-6-11)13-9-20-14(17-13)18-16-8-12-2-1-7-19-12/h1-9H,(H,17,18)/b16-8+. The molecule has 1 N–H and O–H groups in total. The lowest BCUT2D eigenvalue weighted by Crippen LogP contribution is -1.89. The number of hydrogen-bond acceptors (Lipinski definition) is 5. The van der Waals surface area contributed by atoms with Gasteiger partial charge >= 0.3 is 0 Å². The zero-order valence-electron chi connectivity index (χ0n) is 10.3. The molecule has 2 heterocycles. The van der Waals surface area contributed by atoms with Crippen molar-refractivity contribution in [2.24, 2.45) is 5.10 Å². The number of anilines is 1. The molecule has 3 rings (SSSR count). The van der Waals surface area contributed by atoms with Crippen molar-refractivity contribution in [3.05, 3.63) is 59.6 Å². The third-order valence-electron chi connectivity index (χ3n) is 2.54. The lowest BCUT2D eigenvalue weighted by atomic mass is 10.2. The number of furan rings is 1. The quantitative estimate of drug-likeness (QED) is 0.583. The number of thiazole rings is 1. The Morgan fingerprint density at radius 1 is 1.25 bits per heavy atom. The first-order chi connectivity index (χ1) is 9.81. The monoisotopic (exact) mass is 287 g/mol. The lowest BCUT2D eigenvalue weighted by molar-refractivity contribution is 0.560. The highest BCUT2D eigenvalue weighted by atomic mass is 32.1. The summed E-state index contributed by atoms with van der Waals surface area (Å²) >= 11 is 1.43. The average Bonchev–Trinajstić information content (AvgIpc) is 3.11. The van der Waals surface area contributed by atoms with Crippen molar-refractivity contribution >= 4 is 22.7 Å². The van der Waals surface area contributed by atoms with E-state index in [4.69, 9.17) is 4.42 Å². The number of hydrogen-bond donors (Lipinski definition) is 1. The van der Waals surface area contributed by atoms with Crippen LogP contribution >= 0.6 is 11.3 Å². The Bertz CT molecular complexity index is 704. The Morgan fingerprint density at radius 3 is 2.85 bits per heavy atom. The van der Waals surface area contributed by atoms with Gasteiger partial charge in [0.2, 0.25) is 5.13 Å². The van der Waals surface area contributed by atoms with E-state index in [0.717, 1.165) is 11.3 Å². The van der Waals surface area contributed by atoms with Crippen LogP contribution in [0, 0.1) is 5.82 Å². The van der Waals surface area contributed by atoms with Gasteiger partial charge in [0.15, 0.2) is 0 Å². The number of rotatable bonds is 4. The van der Waals surface area contributed by atoms with Crippen LogP contribution in [0.25, 0.3) is 11.3 Å². The fourth-order valence-corrected chi connectivity index (χ4v) is 2.26. The number of nitrogens with zero attached hydrogens (tertiary/aromatic N) is 2. The van der Waals surface area contributed by atoms with Crippen molar-refractivity contribution < 1.29 is 8.81 Å². The van der Waals surface area contributed by atoms with Crippen LogP contribution in [0.5, 0.6) is 0 Å². The van der Waals surface area contributed by atoms with Crippen molar-refractivity contribution in [2.45, 2.75) is 0 Å². The van der Waals surface area contributed by atoms with Crippen LogP contribution in [0.1, 0.15) is 5.76 Å². The second-order valence-electron chi connectivity index (χ2n) is 3.93. The van der Waals surface area contributed by atoms with Crippen molar-refractivity contribution in [1.82, 2.24) is 4.98 Å². The maximum Gasteiger partial charge on any atom is 0.203 e. The summed E-state index contributed by atoms with van der Waals surface area (Å²) in [6.07, 6.45) is 3.15. The fourth-order valence-electron chi connectivity index (χ4n) is 1.59. The van der Waals surface area contributed by atoms with Crippen LogP contribution in [0.3, 0.4) is 0 Å². The highest BCUT2D eigenvalue weighted by Crippen LogP contribution is 2.24. The van der Waals surface area contributed by atoms with Gasteiger partial charge in [0.1, 0.15) is 11.6 Å². The molecule has 1 aromatic carbocycles. The molecule has 4 nitrogen and oxygen atoms in total. The average molecular weight is 287 g/mol. The maximum absolute atomic E-state index is 12.9. The molecule has 20 heavy (non-hydrogen) atoms. The second-order valence-corrected chi connectivity index (χ2v) is 4.79. The minimum atomic E-state index is -0.259. The Hall–Kier alpha value is -2.47. The van der Waals surface area contributed by atoms with Crippen LogP contribution in [-0.2, 0) is 0 Å². The molecule has 0 saturated heterocycles. The van der Waals surface area contributed by atoms with Gasteiger partial charge in [-0.2, -0.15) is 5.10 Å². The van der Waals surface area contributed by atoms with Crippen LogP contribution < -0.4 is 5.43 Å². The molecule has 0 radical (unpaired) electrons. The van der Waals surface area contributed by atoms with Crippen molar-refractivity contribution in [1.29, 1.82) is 0 Å². The van der Waals surface area contributed by atoms with E-state index in [1.807, 2.05) is 5.38 Å². The number of hydrazone groups is 1. The summed E-state index contributed by atoms with van der Waals surface area (Å²) in [5.74, 6) is 0.401. The molecule has 0 aliphatic rings. The second kappa shape index (κ2) is 5.66. The minimum absolute atomic E-state index is 0.259. The van der Waals surface area contributed by atoms with Gasteiger partial charge in [-0.1, -0.05) is 0 Å². The van der Waals surface area contributed by atoms with Gasteiger partial charge in [-0.3, -0.25) is 5.43 Å². The summed E-state index contributed by atoms with van der Waals surface area (Å²) in [4.78, 5) is 4.37. The SMILES string of the molecule is Fc1ccc(-c2csc(N/N=C/c3ccco3)n2)cc1. The molecule has 3 aromatic rings. The van der Waals surface area contributed by atoms with E-state index in [0.29, 0.717) is 10.9 Å². The molecular weight excluding hydrogens is 277 g/mol. The van der Waals surface area contributed by atoms with Gasteiger partial charge in [0, 0.05) is 10.9 Å². The summed E-state index contributed by atoms with van der Waals surface area (Å²) in [7, 11) is 0. The molecule has 0 amide bonds. The van der Waals surface area contributed by atoms with E-state index in [1.165, 1.54) is 23.5 Å². The number of benzene rings is 1. The molecule has 0 aliphatic carbocycles. The summed E-state index contributed by atoms with van der Waals surface area (Å²) < 4.78 is 18.0. The summed E-state index contributed by atoms with van der Waals surface area (Å²) in [6.45, 7) is 0. The molecule has 0 unspecified atom stereocenters. The molecule has 0 saturated carbocycles. The third kappa shape index (κ3) is 2.92. The largest absolute Gasteiger partial charge is 0.463 e. The first-order valence-electron chi connectivity index (χ1n) is 5.85. The molecule has 2 aromatic heterocycles. The first-order valence-corrected chi connectivity index (χ1v) is 6.73. The molecule has 6 heteroatoms. The minimum Gasteiger partial charge on any atom is -0.463 e. The molecule has 0 spiro atoms. The van der Waals surface area contributed by atoms with E-state index >= 15 is 0 Å². The molecule has 0 fully saturated rings. The van der Waals surface area contributed by atoms with E-state index in [-0.39, 0.29) is 5.82 Å². The zero-order valence-corrected chi connectivity index (χ0v) is 11.1. The van der Waals surface area contributed by atoms with Gasteiger partial charge in [0.25, 0.3) is 0 Å². The van der Waals surface area contributed by atoms with Gasteiger partial charge in [-0.15, -0.1) is 11.3 Å². The summed E-state index contributed by atoms with van der Waals surface area (Å²) in [6, 6.07) is 9.81. The highest BCUT2D eigenvalue weighted by molar-refractivity contribution is 7.14. The Balaban J connectivity index is 1.69. The smallest absolute Gasteiger partial charge is 0.203 e. The maximum atomic E-state index is 12.9. The van der Waals surface area contributed by atoms with Gasteiger partial charge < -0.3 is 4.42 Å². The Kier molecular flexibility index (Phi) is 3.56. The Labute approximate surface area is 118 Å². The topological polar surface area (TPSA) is 50.4 Å². The van der Waals surface area contributed by atoms with Crippen LogP contribution in [0.4, 0.5) is 9.52 Å². The predicted octanol–water partition coefficient (Wildman–Crippen LogP) is 3.99. The molecule has 0 aliphatic heterocycles. The predicted molar refractivity (Wildman–Crippen MR) is 77.4 cm³/mol.